The molecule has 0 unspecified atom stereocenters. The second kappa shape index (κ2) is 5.84. The van der Waals surface area contributed by atoms with Crippen molar-refractivity contribution in [1.82, 2.24) is 9.55 Å². The van der Waals surface area contributed by atoms with Crippen LogP contribution >= 0.6 is 11.6 Å². The first-order valence-electron chi connectivity index (χ1n) is 6.76. The number of nitrogens with zero attached hydrogens (tertiary/aromatic N) is 2. The molecule has 0 aliphatic rings. The van der Waals surface area contributed by atoms with Gasteiger partial charge in [0.05, 0.1) is 11.6 Å². The Bertz CT molecular complexity index is 782. The third-order valence-electron chi connectivity index (χ3n) is 3.50. The Balaban J connectivity index is 2.06. The van der Waals surface area contributed by atoms with Gasteiger partial charge in [0.1, 0.15) is 11.5 Å². The lowest BCUT2D eigenvalue weighted by atomic mass is 10.2. The van der Waals surface area contributed by atoms with Crippen LogP contribution in [0.25, 0.3) is 11.0 Å². The highest BCUT2D eigenvalue weighted by Gasteiger charge is 2.12. The molecule has 0 radical (unpaired) electrons. The van der Waals surface area contributed by atoms with Gasteiger partial charge < -0.3 is 10.3 Å². The van der Waals surface area contributed by atoms with Crippen LogP contribution in [0.15, 0.2) is 42.7 Å². The van der Waals surface area contributed by atoms with Gasteiger partial charge in [0.25, 0.3) is 0 Å². The van der Waals surface area contributed by atoms with Crippen LogP contribution < -0.4 is 5.73 Å². The van der Waals surface area contributed by atoms with Crippen LogP contribution in [0, 0.1) is 5.82 Å². The van der Waals surface area contributed by atoms with Gasteiger partial charge in [-0.2, -0.15) is 0 Å². The SMILES string of the molecule is NCCc1cn(Cc2cccc(Cl)c2F)c2ncccc12. The summed E-state index contributed by atoms with van der Waals surface area (Å²) < 4.78 is 16.0. The van der Waals surface area contributed by atoms with Crippen molar-refractivity contribution >= 4 is 22.6 Å². The van der Waals surface area contributed by atoms with Crippen molar-refractivity contribution in [3.05, 3.63) is 64.7 Å². The highest BCUT2D eigenvalue weighted by Crippen LogP contribution is 2.23. The van der Waals surface area contributed by atoms with Gasteiger partial charge >= 0.3 is 0 Å². The van der Waals surface area contributed by atoms with E-state index in [2.05, 4.69) is 4.98 Å². The summed E-state index contributed by atoms with van der Waals surface area (Å²) in [6.45, 7) is 0.962. The summed E-state index contributed by atoms with van der Waals surface area (Å²) in [6.07, 6.45) is 4.50. The topological polar surface area (TPSA) is 43.8 Å². The lowest BCUT2D eigenvalue weighted by molar-refractivity contribution is 0.602. The molecule has 3 aromatic rings. The fourth-order valence-corrected chi connectivity index (χ4v) is 2.72. The van der Waals surface area contributed by atoms with Crippen molar-refractivity contribution in [2.45, 2.75) is 13.0 Å². The van der Waals surface area contributed by atoms with Gasteiger partial charge in [0.15, 0.2) is 0 Å². The maximum absolute atomic E-state index is 14.1. The highest BCUT2D eigenvalue weighted by atomic mass is 35.5. The fourth-order valence-electron chi connectivity index (χ4n) is 2.52. The number of pyridine rings is 1. The zero-order valence-corrected chi connectivity index (χ0v) is 12.1. The van der Waals surface area contributed by atoms with Gasteiger partial charge in [-0.1, -0.05) is 23.7 Å². The molecule has 3 nitrogen and oxygen atoms in total. The predicted octanol–water partition coefficient (Wildman–Crippen LogP) is 3.38. The first-order valence-corrected chi connectivity index (χ1v) is 7.14. The Morgan fingerprint density at radius 3 is 2.86 bits per heavy atom. The zero-order valence-electron chi connectivity index (χ0n) is 11.4. The molecule has 0 saturated carbocycles. The quantitative estimate of drug-likeness (QED) is 0.803. The fraction of sp³-hybridized carbons (Fsp3) is 0.188. The second-order valence-corrected chi connectivity index (χ2v) is 5.32. The van der Waals surface area contributed by atoms with Crippen LogP contribution in [0.1, 0.15) is 11.1 Å². The molecule has 3 rings (SSSR count). The molecule has 0 amide bonds. The van der Waals surface area contributed by atoms with Gasteiger partial charge in [-0.25, -0.2) is 9.37 Å². The third kappa shape index (κ3) is 2.64. The Hall–Kier alpha value is -1.91. The van der Waals surface area contributed by atoms with Crippen LogP contribution in [0.3, 0.4) is 0 Å². The molecule has 2 heterocycles. The van der Waals surface area contributed by atoms with E-state index in [4.69, 9.17) is 17.3 Å². The van der Waals surface area contributed by atoms with Crippen molar-refractivity contribution < 1.29 is 4.39 Å². The second-order valence-electron chi connectivity index (χ2n) is 4.91. The van der Waals surface area contributed by atoms with Crippen molar-refractivity contribution in [2.75, 3.05) is 6.54 Å². The van der Waals surface area contributed by atoms with Crippen molar-refractivity contribution in [3.8, 4) is 0 Å². The lowest BCUT2D eigenvalue weighted by Crippen LogP contribution is -2.03. The number of fused-ring (bicyclic) bond motifs is 1. The maximum Gasteiger partial charge on any atom is 0.146 e. The molecule has 0 fully saturated rings. The molecule has 2 N–H and O–H groups in total. The maximum atomic E-state index is 14.1. The van der Waals surface area contributed by atoms with E-state index in [0.717, 1.165) is 23.0 Å². The number of aromatic nitrogens is 2. The molecule has 5 heteroatoms. The van der Waals surface area contributed by atoms with E-state index in [1.807, 2.05) is 22.9 Å². The van der Waals surface area contributed by atoms with Crippen molar-refractivity contribution in [1.29, 1.82) is 0 Å². The van der Waals surface area contributed by atoms with E-state index in [1.54, 1.807) is 24.4 Å². The minimum Gasteiger partial charge on any atom is -0.330 e. The smallest absolute Gasteiger partial charge is 0.146 e. The minimum absolute atomic E-state index is 0.138. The first-order chi connectivity index (χ1) is 10.2. The molecular weight excluding hydrogens is 289 g/mol. The van der Waals surface area contributed by atoms with Crippen LogP contribution in [0.4, 0.5) is 4.39 Å². The predicted molar refractivity (Wildman–Crippen MR) is 83.0 cm³/mol. The number of hydrogen-bond acceptors (Lipinski definition) is 2. The molecule has 108 valence electrons. The molecule has 2 aromatic heterocycles. The Kier molecular flexibility index (Phi) is 3.90. The van der Waals surface area contributed by atoms with Gasteiger partial charge in [0.2, 0.25) is 0 Å². The molecular formula is C16H15ClFN3. The Morgan fingerprint density at radius 1 is 1.19 bits per heavy atom. The van der Waals surface area contributed by atoms with E-state index in [-0.39, 0.29) is 10.8 Å². The summed E-state index contributed by atoms with van der Waals surface area (Å²) >= 11 is 5.84. The van der Waals surface area contributed by atoms with E-state index >= 15 is 0 Å². The normalized spacial score (nSPS) is 11.2. The molecule has 0 atom stereocenters. The zero-order chi connectivity index (χ0) is 14.8. The van der Waals surface area contributed by atoms with Gasteiger partial charge in [-0.15, -0.1) is 0 Å². The largest absolute Gasteiger partial charge is 0.330 e. The third-order valence-corrected chi connectivity index (χ3v) is 3.79. The van der Waals surface area contributed by atoms with E-state index in [1.165, 1.54) is 0 Å². The molecule has 0 bridgehead atoms. The molecule has 1 aromatic carbocycles. The van der Waals surface area contributed by atoms with Crippen LogP contribution in [0.2, 0.25) is 5.02 Å². The number of rotatable bonds is 4. The average molecular weight is 304 g/mol. The standard InChI is InChI=1S/C16H15ClFN3/c17-14-5-1-3-12(15(14)18)10-21-9-11(6-7-19)13-4-2-8-20-16(13)21/h1-5,8-9H,6-7,10,19H2. The molecule has 0 aliphatic carbocycles. The van der Waals surface area contributed by atoms with Crippen molar-refractivity contribution in [3.63, 3.8) is 0 Å². The monoisotopic (exact) mass is 303 g/mol. The highest BCUT2D eigenvalue weighted by molar-refractivity contribution is 6.30. The molecule has 0 saturated heterocycles. The summed E-state index contributed by atoms with van der Waals surface area (Å²) in [5, 5.41) is 1.20. The Labute approximate surface area is 127 Å². The van der Waals surface area contributed by atoms with Crippen LogP contribution in [-0.4, -0.2) is 16.1 Å². The lowest BCUT2D eigenvalue weighted by Gasteiger charge is -2.07. The van der Waals surface area contributed by atoms with E-state index in [9.17, 15) is 4.39 Å². The summed E-state index contributed by atoms with van der Waals surface area (Å²) in [6, 6.07) is 8.94. The summed E-state index contributed by atoms with van der Waals surface area (Å²) in [4.78, 5) is 4.40. The van der Waals surface area contributed by atoms with Crippen LogP contribution in [0.5, 0.6) is 0 Å². The van der Waals surface area contributed by atoms with Gasteiger partial charge in [-0.05, 0) is 36.7 Å². The van der Waals surface area contributed by atoms with E-state index < -0.39 is 0 Å². The Morgan fingerprint density at radius 2 is 2.05 bits per heavy atom. The van der Waals surface area contributed by atoms with Crippen molar-refractivity contribution in [2.24, 2.45) is 5.73 Å². The number of benzene rings is 1. The summed E-state index contributed by atoms with van der Waals surface area (Å²) in [5.41, 5.74) is 8.16. The number of halogens is 2. The minimum atomic E-state index is -0.377. The molecule has 0 aliphatic heterocycles. The van der Waals surface area contributed by atoms with Gasteiger partial charge in [0, 0.05) is 23.3 Å². The summed E-state index contributed by atoms with van der Waals surface area (Å²) in [7, 11) is 0. The van der Waals surface area contributed by atoms with Gasteiger partial charge in [-0.3, -0.25) is 0 Å². The number of hydrogen-bond donors (Lipinski definition) is 1. The molecule has 0 spiro atoms. The first kappa shape index (κ1) is 14.0. The average Bonchev–Trinajstić information content (AvgIpc) is 2.83. The summed E-state index contributed by atoms with van der Waals surface area (Å²) in [5.74, 6) is -0.377. The number of nitrogens with two attached hydrogens (primary N) is 1. The van der Waals surface area contributed by atoms with E-state index in [0.29, 0.717) is 18.7 Å². The molecule has 21 heavy (non-hydrogen) atoms. The van der Waals surface area contributed by atoms with Crippen LogP contribution in [-0.2, 0) is 13.0 Å².